The highest BCUT2D eigenvalue weighted by Crippen LogP contribution is 2.26. The molecule has 0 bridgehead atoms. The first-order chi connectivity index (χ1) is 6.82. The van der Waals surface area contributed by atoms with E-state index in [9.17, 15) is 0 Å². The Labute approximate surface area is 91.9 Å². The van der Waals surface area contributed by atoms with Crippen molar-refractivity contribution in [3.8, 4) is 0 Å². The Balaban J connectivity index is 2.89. The zero-order valence-corrected chi connectivity index (χ0v) is 10.4. The Bertz CT molecular complexity index is 320. The number of anilines is 1. The van der Waals surface area contributed by atoms with Gasteiger partial charge in [0.1, 0.15) is 0 Å². The van der Waals surface area contributed by atoms with Gasteiger partial charge in [-0.1, -0.05) is 39.8 Å². The minimum absolute atomic E-state index is 0.00453. The lowest BCUT2D eigenvalue weighted by atomic mass is 9.91. The van der Waals surface area contributed by atoms with Crippen LogP contribution in [-0.2, 0) is 12.0 Å². The number of rotatable bonds is 3. The van der Waals surface area contributed by atoms with Crippen LogP contribution in [0.2, 0.25) is 0 Å². The van der Waals surface area contributed by atoms with E-state index in [1.165, 1.54) is 0 Å². The monoisotopic (exact) mass is 210 g/mol. The lowest BCUT2D eigenvalue weighted by molar-refractivity contribution is 0.433. The van der Waals surface area contributed by atoms with Crippen LogP contribution in [-0.4, -0.2) is 15.0 Å². The first kappa shape index (κ1) is 12.0. The third kappa shape index (κ3) is 2.94. The molecular weight excluding hydrogens is 188 g/mol. The minimum Gasteiger partial charge on any atom is -0.381 e. The average Bonchev–Trinajstić information content (AvgIpc) is 2.42. The van der Waals surface area contributed by atoms with E-state index in [4.69, 9.17) is 5.73 Å². The van der Waals surface area contributed by atoms with Crippen molar-refractivity contribution < 1.29 is 0 Å². The summed E-state index contributed by atoms with van der Waals surface area (Å²) in [5.74, 6) is 1.23. The highest BCUT2D eigenvalue weighted by atomic mass is 15.4. The second-order valence-electron chi connectivity index (χ2n) is 5.48. The van der Waals surface area contributed by atoms with Crippen molar-refractivity contribution in [2.24, 2.45) is 5.92 Å². The van der Waals surface area contributed by atoms with Crippen LogP contribution in [0, 0.1) is 5.92 Å². The number of aryl methyl sites for hydroxylation is 1. The quantitative estimate of drug-likeness (QED) is 0.832. The molecule has 15 heavy (non-hydrogen) atoms. The smallest absolute Gasteiger partial charge is 0.169 e. The van der Waals surface area contributed by atoms with E-state index in [1.54, 1.807) is 0 Å². The second kappa shape index (κ2) is 4.21. The van der Waals surface area contributed by atoms with Crippen molar-refractivity contribution in [2.45, 2.75) is 53.0 Å². The van der Waals surface area contributed by atoms with Crippen LogP contribution in [0.25, 0.3) is 0 Å². The Morgan fingerprint density at radius 1 is 1.33 bits per heavy atom. The molecule has 0 aromatic carbocycles. The molecule has 2 N–H and O–H groups in total. The zero-order valence-electron chi connectivity index (χ0n) is 10.4. The first-order valence-corrected chi connectivity index (χ1v) is 5.52. The topological polar surface area (TPSA) is 56.7 Å². The summed E-state index contributed by atoms with van der Waals surface area (Å²) in [5, 5.41) is 8.05. The van der Waals surface area contributed by atoms with Crippen LogP contribution >= 0.6 is 0 Å². The van der Waals surface area contributed by atoms with Crippen molar-refractivity contribution in [2.75, 3.05) is 5.73 Å². The van der Waals surface area contributed by atoms with Crippen LogP contribution in [0.15, 0.2) is 0 Å². The van der Waals surface area contributed by atoms with E-state index < -0.39 is 0 Å². The molecule has 0 radical (unpaired) electrons. The molecular formula is C11H22N4. The van der Waals surface area contributed by atoms with Crippen molar-refractivity contribution in [3.05, 3.63) is 5.69 Å². The van der Waals surface area contributed by atoms with Gasteiger partial charge in [0, 0.05) is 12.0 Å². The Hall–Kier alpha value is -1.06. The fourth-order valence-corrected chi connectivity index (χ4v) is 1.63. The van der Waals surface area contributed by atoms with Gasteiger partial charge in [-0.2, -0.15) is 0 Å². The number of hydrogen-bond donors (Lipinski definition) is 1. The maximum atomic E-state index is 5.84. The minimum atomic E-state index is 0.00453. The molecule has 0 fully saturated rings. The molecule has 0 saturated carbocycles. The van der Waals surface area contributed by atoms with Gasteiger partial charge in [0.05, 0.1) is 5.69 Å². The highest BCUT2D eigenvalue weighted by molar-refractivity contribution is 5.37. The molecule has 0 spiro atoms. The van der Waals surface area contributed by atoms with Crippen molar-refractivity contribution in [1.29, 1.82) is 0 Å². The maximum absolute atomic E-state index is 5.84. The molecule has 0 aliphatic rings. The number of nitrogens with two attached hydrogens (primary N) is 1. The van der Waals surface area contributed by atoms with Gasteiger partial charge in [-0.3, -0.25) is 0 Å². The normalized spacial score (nSPS) is 12.4. The molecule has 1 rings (SSSR count). The van der Waals surface area contributed by atoms with E-state index in [2.05, 4.69) is 44.9 Å². The van der Waals surface area contributed by atoms with Crippen LogP contribution in [0.1, 0.15) is 46.7 Å². The first-order valence-electron chi connectivity index (χ1n) is 5.52. The molecule has 0 aliphatic carbocycles. The van der Waals surface area contributed by atoms with E-state index in [1.807, 2.05) is 4.68 Å². The summed E-state index contributed by atoms with van der Waals surface area (Å²) < 4.78 is 1.94. The summed E-state index contributed by atoms with van der Waals surface area (Å²) in [4.78, 5) is 0. The van der Waals surface area contributed by atoms with Gasteiger partial charge in [-0.25, -0.2) is 4.68 Å². The molecule has 0 unspecified atom stereocenters. The van der Waals surface area contributed by atoms with E-state index in [0.717, 1.165) is 18.7 Å². The lowest BCUT2D eigenvalue weighted by Gasteiger charge is -2.20. The van der Waals surface area contributed by atoms with Gasteiger partial charge < -0.3 is 5.73 Å². The number of nitrogen functional groups attached to an aromatic ring is 1. The largest absolute Gasteiger partial charge is 0.381 e. The maximum Gasteiger partial charge on any atom is 0.169 e. The van der Waals surface area contributed by atoms with Crippen LogP contribution in [0.5, 0.6) is 0 Å². The summed E-state index contributed by atoms with van der Waals surface area (Å²) in [6.45, 7) is 11.7. The summed E-state index contributed by atoms with van der Waals surface area (Å²) in [6, 6.07) is 0. The van der Waals surface area contributed by atoms with Gasteiger partial charge >= 0.3 is 0 Å². The summed E-state index contributed by atoms with van der Waals surface area (Å²) in [7, 11) is 0. The Kier molecular flexibility index (Phi) is 3.37. The van der Waals surface area contributed by atoms with Crippen LogP contribution in [0.3, 0.4) is 0 Å². The van der Waals surface area contributed by atoms with E-state index >= 15 is 0 Å². The lowest BCUT2D eigenvalue weighted by Crippen LogP contribution is -2.20. The predicted molar refractivity (Wildman–Crippen MR) is 62.6 cm³/mol. The summed E-state index contributed by atoms with van der Waals surface area (Å²) in [6.07, 6.45) is 1.10. The van der Waals surface area contributed by atoms with Gasteiger partial charge in [0.15, 0.2) is 5.82 Å². The fraction of sp³-hybridized carbons (Fsp3) is 0.818. The standard InChI is InChI=1S/C11H22N4/c1-8(2)6-7-15-9(11(3,4)5)10(12)13-14-15/h8H,6-7,12H2,1-5H3. The molecule has 0 aliphatic heterocycles. The van der Waals surface area contributed by atoms with Crippen molar-refractivity contribution in [1.82, 2.24) is 15.0 Å². The van der Waals surface area contributed by atoms with Gasteiger partial charge in [-0.15, -0.1) is 5.10 Å². The number of nitrogens with zero attached hydrogens (tertiary/aromatic N) is 3. The second-order valence-corrected chi connectivity index (χ2v) is 5.48. The summed E-state index contributed by atoms with van der Waals surface area (Å²) in [5.41, 5.74) is 6.89. The molecule has 86 valence electrons. The Morgan fingerprint density at radius 2 is 1.93 bits per heavy atom. The SMILES string of the molecule is CC(C)CCn1nnc(N)c1C(C)(C)C. The molecule has 1 aromatic heterocycles. The van der Waals surface area contributed by atoms with Crippen LogP contribution in [0.4, 0.5) is 5.82 Å². The van der Waals surface area contributed by atoms with E-state index in [0.29, 0.717) is 11.7 Å². The molecule has 0 amide bonds. The molecule has 1 heterocycles. The van der Waals surface area contributed by atoms with Crippen LogP contribution < -0.4 is 5.73 Å². The van der Waals surface area contributed by atoms with Crippen molar-refractivity contribution >= 4 is 5.82 Å². The molecule has 1 aromatic rings. The van der Waals surface area contributed by atoms with Gasteiger partial charge in [0.25, 0.3) is 0 Å². The highest BCUT2D eigenvalue weighted by Gasteiger charge is 2.23. The fourth-order valence-electron chi connectivity index (χ4n) is 1.63. The van der Waals surface area contributed by atoms with Gasteiger partial charge in [-0.05, 0) is 12.3 Å². The third-order valence-corrected chi connectivity index (χ3v) is 2.39. The summed E-state index contributed by atoms with van der Waals surface area (Å²) >= 11 is 0. The Morgan fingerprint density at radius 3 is 2.40 bits per heavy atom. The molecule has 4 heteroatoms. The molecule has 0 atom stereocenters. The molecule has 0 saturated heterocycles. The average molecular weight is 210 g/mol. The van der Waals surface area contributed by atoms with Crippen molar-refractivity contribution in [3.63, 3.8) is 0 Å². The molecule has 4 nitrogen and oxygen atoms in total. The van der Waals surface area contributed by atoms with Gasteiger partial charge in [0.2, 0.25) is 0 Å². The van der Waals surface area contributed by atoms with E-state index in [-0.39, 0.29) is 5.41 Å². The predicted octanol–water partition coefficient (Wildman–Crippen LogP) is 2.20. The number of aromatic nitrogens is 3. The third-order valence-electron chi connectivity index (χ3n) is 2.39. The zero-order chi connectivity index (χ0) is 11.6. The number of hydrogen-bond acceptors (Lipinski definition) is 3.